The van der Waals surface area contributed by atoms with Gasteiger partial charge in [-0.2, -0.15) is 4.72 Å². The number of rotatable bonds is 3. The molecule has 7 heteroatoms. The second kappa shape index (κ2) is 4.34. The zero-order valence-corrected chi connectivity index (χ0v) is 11.4. The van der Waals surface area contributed by atoms with Crippen molar-refractivity contribution in [3.05, 3.63) is 10.2 Å². The van der Waals surface area contributed by atoms with Crippen molar-refractivity contribution in [2.24, 2.45) is 0 Å². The summed E-state index contributed by atoms with van der Waals surface area (Å²) >= 11 is 6.56. The quantitative estimate of drug-likeness (QED) is 0.858. The van der Waals surface area contributed by atoms with E-state index in [2.05, 4.69) is 15.6 Å². The normalized spacial score (nSPS) is 12.4. The lowest BCUT2D eigenvalue weighted by Crippen LogP contribution is -2.41. The smallest absolute Gasteiger partial charge is 0.229 e. The van der Waals surface area contributed by atoms with Crippen LogP contribution in [0.4, 0.5) is 0 Å². The standard InChI is InChI=1S/C9H11ClN2O2S2/c1-5-9(3,4)12-16(13,14)7-6(2)11-8(10)15-7/h1,12H,2-4H3. The Morgan fingerprint density at radius 1 is 1.56 bits per heavy atom. The van der Waals surface area contributed by atoms with E-state index in [-0.39, 0.29) is 8.68 Å². The number of terminal acetylenes is 1. The Morgan fingerprint density at radius 3 is 2.50 bits per heavy atom. The van der Waals surface area contributed by atoms with Gasteiger partial charge in [-0.05, 0) is 20.8 Å². The van der Waals surface area contributed by atoms with E-state index in [9.17, 15) is 8.42 Å². The molecule has 0 aromatic carbocycles. The van der Waals surface area contributed by atoms with Crippen molar-refractivity contribution >= 4 is 33.0 Å². The number of nitrogens with zero attached hydrogens (tertiary/aromatic N) is 1. The summed E-state index contributed by atoms with van der Waals surface area (Å²) < 4.78 is 26.6. The number of halogens is 1. The molecule has 1 N–H and O–H groups in total. The van der Waals surface area contributed by atoms with Gasteiger partial charge in [-0.3, -0.25) is 0 Å². The molecule has 1 aromatic heterocycles. The van der Waals surface area contributed by atoms with Gasteiger partial charge in [0.25, 0.3) is 10.0 Å². The SMILES string of the molecule is C#CC(C)(C)NS(=O)(=O)c1sc(Cl)nc1C. The fourth-order valence-corrected chi connectivity index (χ4v) is 4.09. The molecule has 1 aromatic rings. The summed E-state index contributed by atoms with van der Waals surface area (Å²) in [6.45, 7) is 4.78. The molecule has 0 aliphatic rings. The first-order chi connectivity index (χ1) is 7.18. The first-order valence-electron chi connectivity index (χ1n) is 4.32. The van der Waals surface area contributed by atoms with E-state index >= 15 is 0 Å². The van der Waals surface area contributed by atoms with Crippen molar-refractivity contribution in [3.8, 4) is 12.3 Å². The molecule has 0 saturated heterocycles. The van der Waals surface area contributed by atoms with Gasteiger partial charge >= 0.3 is 0 Å². The van der Waals surface area contributed by atoms with E-state index in [4.69, 9.17) is 18.0 Å². The monoisotopic (exact) mass is 278 g/mol. The topological polar surface area (TPSA) is 59.1 Å². The molecule has 0 radical (unpaired) electrons. The number of sulfonamides is 1. The third-order valence-corrected chi connectivity index (χ3v) is 5.25. The Kier molecular flexibility index (Phi) is 3.65. The second-order valence-electron chi connectivity index (χ2n) is 3.71. The summed E-state index contributed by atoms with van der Waals surface area (Å²) in [5.74, 6) is 2.35. The Balaban J connectivity index is 3.15. The van der Waals surface area contributed by atoms with Gasteiger partial charge in [-0.1, -0.05) is 28.9 Å². The van der Waals surface area contributed by atoms with E-state index < -0.39 is 15.6 Å². The van der Waals surface area contributed by atoms with Gasteiger partial charge in [0, 0.05) is 0 Å². The number of hydrogen-bond acceptors (Lipinski definition) is 4. The fraction of sp³-hybridized carbons (Fsp3) is 0.444. The van der Waals surface area contributed by atoms with Crippen LogP contribution in [0.2, 0.25) is 4.47 Å². The van der Waals surface area contributed by atoms with E-state index in [1.165, 1.54) is 0 Å². The fourth-order valence-electron chi connectivity index (χ4n) is 1.01. The highest BCUT2D eigenvalue weighted by Crippen LogP contribution is 2.27. The summed E-state index contributed by atoms with van der Waals surface area (Å²) in [6.07, 6.45) is 5.22. The van der Waals surface area contributed by atoms with Gasteiger partial charge < -0.3 is 0 Å². The van der Waals surface area contributed by atoms with Crippen molar-refractivity contribution in [1.29, 1.82) is 0 Å². The minimum atomic E-state index is -3.66. The molecule has 4 nitrogen and oxygen atoms in total. The Bertz CT molecular complexity index is 540. The molecule has 0 fully saturated rings. The van der Waals surface area contributed by atoms with Crippen LogP contribution in [-0.2, 0) is 10.0 Å². The molecular formula is C9H11ClN2O2S2. The first kappa shape index (κ1) is 13.5. The van der Waals surface area contributed by atoms with Crippen molar-refractivity contribution < 1.29 is 8.42 Å². The molecule has 0 aliphatic carbocycles. The maximum Gasteiger partial charge on any atom is 0.253 e. The zero-order chi connectivity index (χ0) is 12.6. The lowest BCUT2D eigenvalue weighted by Gasteiger charge is -2.18. The highest BCUT2D eigenvalue weighted by atomic mass is 35.5. The van der Waals surface area contributed by atoms with Crippen LogP contribution in [0.3, 0.4) is 0 Å². The van der Waals surface area contributed by atoms with Crippen LogP contribution in [0.1, 0.15) is 19.5 Å². The zero-order valence-electron chi connectivity index (χ0n) is 9.04. The molecule has 0 amide bonds. The maximum absolute atomic E-state index is 11.9. The molecule has 0 unspecified atom stereocenters. The third kappa shape index (κ3) is 2.95. The molecule has 0 saturated carbocycles. The van der Waals surface area contributed by atoms with E-state index in [1.54, 1.807) is 20.8 Å². The summed E-state index contributed by atoms with van der Waals surface area (Å²) in [6, 6.07) is 0. The van der Waals surface area contributed by atoms with Crippen LogP contribution in [0.5, 0.6) is 0 Å². The highest BCUT2D eigenvalue weighted by Gasteiger charge is 2.27. The van der Waals surface area contributed by atoms with Gasteiger partial charge in [0.1, 0.15) is 0 Å². The van der Waals surface area contributed by atoms with Crippen molar-refractivity contribution in [2.45, 2.75) is 30.5 Å². The summed E-state index contributed by atoms with van der Waals surface area (Å²) in [5, 5.41) is 0. The van der Waals surface area contributed by atoms with Gasteiger partial charge in [0.05, 0.1) is 11.2 Å². The van der Waals surface area contributed by atoms with Gasteiger partial charge in [-0.15, -0.1) is 6.42 Å². The highest BCUT2D eigenvalue weighted by molar-refractivity contribution is 7.91. The summed E-state index contributed by atoms with van der Waals surface area (Å²) in [7, 11) is -3.66. The Labute approximate surface area is 104 Å². The summed E-state index contributed by atoms with van der Waals surface area (Å²) in [4.78, 5) is 3.85. The van der Waals surface area contributed by atoms with Gasteiger partial charge in [-0.25, -0.2) is 13.4 Å². The molecule has 0 spiro atoms. The van der Waals surface area contributed by atoms with Gasteiger partial charge in [0.15, 0.2) is 8.68 Å². The number of nitrogens with one attached hydrogen (secondary N) is 1. The van der Waals surface area contributed by atoms with Gasteiger partial charge in [0.2, 0.25) is 0 Å². The summed E-state index contributed by atoms with van der Waals surface area (Å²) in [5.41, 5.74) is -0.572. The Morgan fingerprint density at radius 2 is 2.12 bits per heavy atom. The molecule has 1 rings (SSSR count). The number of aromatic nitrogens is 1. The van der Waals surface area contributed by atoms with Crippen LogP contribution in [-0.4, -0.2) is 18.9 Å². The van der Waals surface area contributed by atoms with Crippen LogP contribution in [0.15, 0.2) is 4.21 Å². The largest absolute Gasteiger partial charge is 0.253 e. The number of aryl methyl sites for hydroxylation is 1. The second-order valence-corrected chi connectivity index (χ2v) is 7.17. The van der Waals surface area contributed by atoms with E-state index in [1.807, 2.05) is 0 Å². The van der Waals surface area contributed by atoms with Crippen LogP contribution >= 0.6 is 22.9 Å². The first-order valence-corrected chi connectivity index (χ1v) is 7.00. The van der Waals surface area contributed by atoms with Crippen LogP contribution < -0.4 is 4.72 Å². The molecular weight excluding hydrogens is 268 g/mol. The predicted octanol–water partition coefficient (Wildman–Crippen LogP) is 1.80. The van der Waals surface area contributed by atoms with E-state index in [0.717, 1.165) is 11.3 Å². The predicted molar refractivity (Wildman–Crippen MR) is 65.1 cm³/mol. The molecule has 0 aliphatic heterocycles. The molecule has 16 heavy (non-hydrogen) atoms. The average Bonchev–Trinajstić information content (AvgIpc) is 2.44. The lowest BCUT2D eigenvalue weighted by atomic mass is 10.1. The van der Waals surface area contributed by atoms with Crippen molar-refractivity contribution in [3.63, 3.8) is 0 Å². The van der Waals surface area contributed by atoms with Crippen molar-refractivity contribution in [1.82, 2.24) is 9.71 Å². The number of thiazole rings is 1. The average molecular weight is 279 g/mol. The maximum atomic E-state index is 11.9. The van der Waals surface area contributed by atoms with Crippen molar-refractivity contribution in [2.75, 3.05) is 0 Å². The number of hydrogen-bond donors (Lipinski definition) is 1. The van der Waals surface area contributed by atoms with E-state index in [0.29, 0.717) is 5.69 Å². The minimum Gasteiger partial charge on any atom is -0.229 e. The third-order valence-electron chi connectivity index (χ3n) is 1.72. The Hall–Kier alpha value is -0.610. The molecule has 0 atom stereocenters. The lowest BCUT2D eigenvalue weighted by molar-refractivity contribution is 0.540. The molecule has 88 valence electrons. The molecule has 0 bridgehead atoms. The van der Waals surface area contributed by atoms with Crippen LogP contribution in [0, 0.1) is 19.3 Å². The molecule has 1 heterocycles. The minimum absolute atomic E-state index is 0.0980. The van der Waals surface area contributed by atoms with Crippen LogP contribution in [0.25, 0.3) is 0 Å².